The smallest absolute Gasteiger partial charge is 0.245 e. The van der Waals surface area contributed by atoms with Crippen LogP contribution in [0.15, 0.2) is 82.5 Å². The summed E-state index contributed by atoms with van der Waals surface area (Å²) in [5, 5.41) is 9.17. The molecule has 2 heterocycles. The summed E-state index contributed by atoms with van der Waals surface area (Å²) in [4.78, 5) is 32.4. The Hall–Kier alpha value is -2.92. The van der Waals surface area contributed by atoms with E-state index in [2.05, 4.69) is 15.5 Å². The number of amides is 2. The van der Waals surface area contributed by atoms with Crippen molar-refractivity contribution >= 4 is 63.8 Å². The maximum Gasteiger partial charge on any atom is 0.245 e. The molecule has 1 aliphatic heterocycles. The fourth-order valence-corrected chi connectivity index (χ4v) is 6.74. The summed E-state index contributed by atoms with van der Waals surface area (Å²) in [5.74, 6) is 0.0411. The molecule has 0 spiro atoms. The summed E-state index contributed by atoms with van der Waals surface area (Å²) >= 11 is 15.1. The number of halogens is 2. The standard InChI is InChI=1S/C31H31Cl2N5O2S2/c32-25-10-9-20(15-26(25)33)17-38-13-11-23(12-14-38)35-28(39)19-42-31-37-27(18-41-31)22-7-4-8-24(16-22)36-30(40)29(34)21-5-2-1-3-6-21/h1-10,15-16,18,23,29H,11-14,17,19,34H2,(H,35,39)(H,36,40)/t29-/m0/s1. The maximum absolute atomic E-state index is 12.7. The first kappa shape index (κ1) is 30.5. The number of anilines is 1. The Morgan fingerprint density at radius 2 is 1.81 bits per heavy atom. The Kier molecular flexibility index (Phi) is 10.5. The number of hydrogen-bond donors (Lipinski definition) is 3. The van der Waals surface area contributed by atoms with Gasteiger partial charge in [0, 0.05) is 42.3 Å². The fourth-order valence-electron chi connectivity index (χ4n) is 4.77. The molecule has 3 aromatic carbocycles. The zero-order chi connectivity index (χ0) is 29.5. The van der Waals surface area contributed by atoms with E-state index in [-0.39, 0.29) is 17.9 Å². The van der Waals surface area contributed by atoms with Crippen LogP contribution in [0.5, 0.6) is 0 Å². The predicted molar refractivity (Wildman–Crippen MR) is 173 cm³/mol. The number of thiazole rings is 1. The molecule has 4 aromatic rings. The minimum absolute atomic E-state index is 0.0131. The first-order valence-electron chi connectivity index (χ1n) is 13.6. The number of aromatic nitrogens is 1. The van der Waals surface area contributed by atoms with Crippen LogP contribution in [0.3, 0.4) is 0 Å². The van der Waals surface area contributed by atoms with Gasteiger partial charge in [0.1, 0.15) is 6.04 Å². The van der Waals surface area contributed by atoms with E-state index in [9.17, 15) is 9.59 Å². The molecule has 1 saturated heterocycles. The Bertz CT molecular complexity index is 1530. The van der Waals surface area contributed by atoms with Gasteiger partial charge in [-0.25, -0.2) is 4.98 Å². The first-order chi connectivity index (χ1) is 20.3. The van der Waals surface area contributed by atoms with Crippen molar-refractivity contribution in [2.24, 2.45) is 5.73 Å². The molecule has 1 aromatic heterocycles. The van der Waals surface area contributed by atoms with Crippen molar-refractivity contribution < 1.29 is 9.59 Å². The SMILES string of the molecule is N[C@H](C(=O)Nc1cccc(-c2csc(SCC(=O)NC3CCN(Cc4ccc(Cl)c(Cl)c4)CC3)n2)c1)c1ccccc1. The number of thioether (sulfide) groups is 1. The highest BCUT2D eigenvalue weighted by Gasteiger charge is 2.21. The second-order valence-electron chi connectivity index (χ2n) is 10.1. The molecule has 1 atom stereocenters. The minimum atomic E-state index is -0.759. The van der Waals surface area contributed by atoms with Crippen LogP contribution in [0.1, 0.15) is 30.0 Å². The highest BCUT2D eigenvalue weighted by atomic mass is 35.5. The van der Waals surface area contributed by atoms with Crippen LogP contribution in [-0.2, 0) is 16.1 Å². The van der Waals surface area contributed by atoms with E-state index in [1.54, 1.807) is 0 Å². The van der Waals surface area contributed by atoms with Crippen molar-refractivity contribution in [3.63, 3.8) is 0 Å². The van der Waals surface area contributed by atoms with Crippen molar-refractivity contribution in [3.8, 4) is 11.3 Å². The number of rotatable bonds is 10. The van der Waals surface area contributed by atoms with Gasteiger partial charge < -0.3 is 16.4 Å². The monoisotopic (exact) mass is 639 g/mol. The van der Waals surface area contributed by atoms with Gasteiger partial charge >= 0.3 is 0 Å². The van der Waals surface area contributed by atoms with E-state index in [1.165, 1.54) is 23.1 Å². The second-order valence-corrected chi connectivity index (χ2v) is 13.0. The first-order valence-corrected chi connectivity index (χ1v) is 16.2. The fraction of sp³-hybridized carbons (Fsp3) is 0.258. The lowest BCUT2D eigenvalue weighted by Gasteiger charge is -2.32. The van der Waals surface area contributed by atoms with Gasteiger partial charge in [0.2, 0.25) is 11.8 Å². The summed E-state index contributed by atoms with van der Waals surface area (Å²) in [5.41, 5.74) is 10.3. The van der Waals surface area contributed by atoms with Gasteiger partial charge in [-0.05, 0) is 48.2 Å². The third-order valence-corrected chi connectivity index (χ3v) is 9.78. The predicted octanol–water partition coefficient (Wildman–Crippen LogP) is 6.63. The normalized spacial score (nSPS) is 14.8. The molecule has 7 nitrogen and oxygen atoms in total. The topological polar surface area (TPSA) is 100 Å². The molecule has 0 unspecified atom stereocenters. The quantitative estimate of drug-likeness (QED) is 0.168. The molecule has 0 saturated carbocycles. The van der Waals surface area contributed by atoms with Crippen molar-refractivity contribution in [1.29, 1.82) is 0 Å². The molecule has 4 N–H and O–H groups in total. The molecule has 0 bridgehead atoms. The van der Waals surface area contributed by atoms with Gasteiger partial charge in [0.15, 0.2) is 4.34 Å². The van der Waals surface area contributed by atoms with E-state index in [0.29, 0.717) is 21.5 Å². The van der Waals surface area contributed by atoms with Crippen LogP contribution >= 0.6 is 46.3 Å². The lowest BCUT2D eigenvalue weighted by atomic mass is 10.0. The van der Waals surface area contributed by atoms with Gasteiger partial charge in [-0.2, -0.15) is 0 Å². The van der Waals surface area contributed by atoms with E-state index in [1.807, 2.05) is 78.2 Å². The number of carbonyl (C=O) groups is 2. The van der Waals surface area contributed by atoms with Crippen molar-refractivity contribution in [2.75, 3.05) is 24.2 Å². The van der Waals surface area contributed by atoms with Gasteiger partial charge in [0.25, 0.3) is 0 Å². The molecule has 2 amide bonds. The molecule has 11 heteroatoms. The van der Waals surface area contributed by atoms with E-state index >= 15 is 0 Å². The van der Waals surface area contributed by atoms with Crippen LogP contribution in [0.25, 0.3) is 11.3 Å². The van der Waals surface area contributed by atoms with E-state index < -0.39 is 6.04 Å². The number of hydrogen-bond acceptors (Lipinski definition) is 7. The average molecular weight is 641 g/mol. The molecule has 0 aliphatic carbocycles. The molecular formula is C31H31Cl2N5O2S2. The largest absolute Gasteiger partial charge is 0.353 e. The summed E-state index contributed by atoms with van der Waals surface area (Å²) in [6.45, 7) is 2.63. The molecule has 1 aliphatic rings. The Morgan fingerprint density at radius 1 is 1.02 bits per heavy atom. The highest BCUT2D eigenvalue weighted by molar-refractivity contribution is 8.01. The molecule has 42 heavy (non-hydrogen) atoms. The average Bonchev–Trinajstić information content (AvgIpc) is 3.48. The minimum Gasteiger partial charge on any atom is -0.353 e. The van der Waals surface area contributed by atoms with Gasteiger partial charge in [-0.1, -0.05) is 83.5 Å². The second kappa shape index (κ2) is 14.5. The van der Waals surface area contributed by atoms with Gasteiger partial charge in [0.05, 0.1) is 21.5 Å². The molecule has 218 valence electrons. The van der Waals surface area contributed by atoms with Crippen LogP contribution in [0.4, 0.5) is 5.69 Å². The third kappa shape index (κ3) is 8.34. The maximum atomic E-state index is 12.7. The zero-order valence-electron chi connectivity index (χ0n) is 22.8. The lowest BCUT2D eigenvalue weighted by molar-refractivity contribution is -0.119. The van der Waals surface area contributed by atoms with Crippen molar-refractivity contribution in [3.05, 3.63) is 99.3 Å². The van der Waals surface area contributed by atoms with E-state index in [4.69, 9.17) is 33.9 Å². The van der Waals surface area contributed by atoms with E-state index in [0.717, 1.165) is 59.2 Å². The summed E-state index contributed by atoms with van der Waals surface area (Å²) in [6, 6.07) is 21.9. The summed E-state index contributed by atoms with van der Waals surface area (Å²) in [7, 11) is 0. The van der Waals surface area contributed by atoms with Crippen LogP contribution in [0.2, 0.25) is 10.0 Å². The zero-order valence-corrected chi connectivity index (χ0v) is 25.9. The van der Waals surface area contributed by atoms with Crippen LogP contribution < -0.4 is 16.4 Å². The Labute approximate surface area is 263 Å². The number of nitrogens with two attached hydrogens (primary N) is 1. The molecule has 5 rings (SSSR count). The Balaban J connectivity index is 1.07. The Morgan fingerprint density at radius 3 is 2.57 bits per heavy atom. The number of carbonyl (C=O) groups excluding carboxylic acids is 2. The van der Waals surface area contributed by atoms with Crippen LogP contribution in [-0.4, -0.2) is 46.6 Å². The number of likely N-dealkylation sites (tertiary alicyclic amines) is 1. The number of nitrogens with zero attached hydrogens (tertiary/aromatic N) is 2. The highest BCUT2D eigenvalue weighted by Crippen LogP contribution is 2.30. The summed E-state index contributed by atoms with van der Waals surface area (Å²) < 4.78 is 0.817. The molecular weight excluding hydrogens is 609 g/mol. The van der Waals surface area contributed by atoms with Crippen molar-refractivity contribution in [1.82, 2.24) is 15.2 Å². The van der Waals surface area contributed by atoms with Gasteiger partial charge in [-0.15, -0.1) is 11.3 Å². The molecule has 0 radical (unpaired) electrons. The summed E-state index contributed by atoms with van der Waals surface area (Å²) in [6.07, 6.45) is 1.81. The van der Waals surface area contributed by atoms with Crippen LogP contribution in [0, 0.1) is 0 Å². The number of benzene rings is 3. The lowest BCUT2D eigenvalue weighted by Crippen LogP contribution is -2.44. The van der Waals surface area contributed by atoms with Gasteiger partial charge in [-0.3, -0.25) is 14.5 Å². The number of nitrogens with one attached hydrogen (secondary N) is 2. The third-order valence-electron chi connectivity index (χ3n) is 7.02. The van der Waals surface area contributed by atoms with Crippen molar-refractivity contribution in [2.45, 2.75) is 35.8 Å². The molecule has 1 fully saturated rings. The number of piperidine rings is 1.